The van der Waals surface area contributed by atoms with Crippen molar-refractivity contribution in [3.05, 3.63) is 42.0 Å². The number of nitrogens with one attached hydrogen (secondary N) is 1. The highest BCUT2D eigenvalue weighted by molar-refractivity contribution is 5.12. The molecule has 2 aromatic heterocycles. The molecular formula is C13H19N5O. The lowest BCUT2D eigenvalue weighted by Crippen LogP contribution is -2.18. The van der Waals surface area contributed by atoms with Crippen LogP contribution < -0.4 is 5.32 Å². The Kier molecular flexibility index (Phi) is 5.00. The third-order valence-electron chi connectivity index (χ3n) is 2.91. The zero-order valence-corrected chi connectivity index (χ0v) is 11.0. The molecular weight excluding hydrogens is 242 g/mol. The lowest BCUT2D eigenvalue weighted by Gasteiger charge is -2.12. The standard InChI is InChI=1S/C13H19N5O/c1-11(12-4-2-5-14-8-12)15-9-13-10-18(17-16-13)6-3-7-19/h2,4-5,8,10-11,15,19H,3,6-7,9H2,1H3. The molecule has 2 rings (SSSR count). The summed E-state index contributed by atoms with van der Waals surface area (Å²) in [6.07, 6.45) is 6.22. The summed E-state index contributed by atoms with van der Waals surface area (Å²) in [5.41, 5.74) is 2.05. The Hall–Kier alpha value is -1.79. The van der Waals surface area contributed by atoms with E-state index in [4.69, 9.17) is 5.11 Å². The van der Waals surface area contributed by atoms with Crippen LogP contribution in [0.2, 0.25) is 0 Å². The molecule has 0 fully saturated rings. The zero-order chi connectivity index (χ0) is 13.5. The predicted octanol–water partition coefficient (Wildman–Crippen LogP) is 0.906. The molecule has 0 bridgehead atoms. The molecule has 0 aliphatic heterocycles. The van der Waals surface area contributed by atoms with Crippen LogP contribution in [0.5, 0.6) is 0 Å². The van der Waals surface area contributed by atoms with E-state index in [2.05, 4.69) is 27.5 Å². The van der Waals surface area contributed by atoms with Gasteiger partial charge in [0.05, 0.1) is 5.69 Å². The minimum Gasteiger partial charge on any atom is -0.396 e. The van der Waals surface area contributed by atoms with Gasteiger partial charge < -0.3 is 10.4 Å². The normalized spacial score (nSPS) is 12.5. The molecule has 102 valence electrons. The first-order chi connectivity index (χ1) is 9.29. The summed E-state index contributed by atoms with van der Waals surface area (Å²) in [7, 11) is 0. The van der Waals surface area contributed by atoms with Crippen molar-refractivity contribution in [2.75, 3.05) is 6.61 Å². The van der Waals surface area contributed by atoms with Crippen molar-refractivity contribution in [2.45, 2.75) is 32.5 Å². The number of aliphatic hydroxyl groups is 1. The number of rotatable bonds is 7. The molecule has 0 spiro atoms. The minimum absolute atomic E-state index is 0.172. The maximum atomic E-state index is 8.76. The maximum Gasteiger partial charge on any atom is 0.0965 e. The first-order valence-corrected chi connectivity index (χ1v) is 6.43. The SMILES string of the molecule is CC(NCc1cn(CCCO)nn1)c1cccnc1. The Balaban J connectivity index is 1.83. The fourth-order valence-corrected chi connectivity index (χ4v) is 1.77. The molecule has 0 radical (unpaired) electrons. The molecule has 0 aliphatic rings. The second-order valence-electron chi connectivity index (χ2n) is 4.44. The molecule has 2 aromatic rings. The fourth-order valence-electron chi connectivity index (χ4n) is 1.77. The van der Waals surface area contributed by atoms with Gasteiger partial charge in [0, 0.05) is 44.3 Å². The molecule has 6 heteroatoms. The van der Waals surface area contributed by atoms with E-state index in [0.29, 0.717) is 19.5 Å². The van der Waals surface area contributed by atoms with Crippen LogP contribution in [-0.2, 0) is 13.1 Å². The highest BCUT2D eigenvalue weighted by Gasteiger charge is 2.06. The maximum absolute atomic E-state index is 8.76. The number of pyridine rings is 1. The molecule has 19 heavy (non-hydrogen) atoms. The molecule has 0 aromatic carbocycles. The topological polar surface area (TPSA) is 75.9 Å². The van der Waals surface area contributed by atoms with Gasteiger partial charge in [-0.2, -0.15) is 0 Å². The summed E-state index contributed by atoms with van der Waals surface area (Å²) in [6.45, 7) is 3.62. The summed E-state index contributed by atoms with van der Waals surface area (Å²) in [5.74, 6) is 0. The molecule has 0 amide bonds. The molecule has 1 unspecified atom stereocenters. The Morgan fingerprint density at radius 2 is 2.37 bits per heavy atom. The highest BCUT2D eigenvalue weighted by atomic mass is 16.3. The average molecular weight is 261 g/mol. The van der Waals surface area contributed by atoms with E-state index >= 15 is 0 Å². The molecule has 0 aliphatic carbocycles. The quantitative estimate of drug-likeness (QED) is 0.774. The van der Waals surface area contributed by atoms with Crippen LogP contribution in [0.1, 0.15) is 30.6 Å². The second kappa shape index (κ2) is 6.96. The van der Waals surface area contributed by atoms with Crippen molar-refractivity contribution in [2.24, 2.45) is 0 Å². The van der Waals surface area contributed by atoms with Crippen LogP contribution in [-0.4, -0.2) is 31.7 Å². The lowest BCUT2D eigenvalue weighted by molar-refractivity contribution is 0.276. The van der Waals surface area contributed by atoms with Crippen LogP contribution in [0.15, 0.2) is 30.7 Å². The molecule has 0 saturated heterocycles. The van der Waals surface area contributed by atoms with Crippen molar-refractivity contribution in [3.8, 4) is 0 Å². The van der Waals surface area contributed by atoms with Crippen molar-refractivity contribution >= 4 is 0 Å². The summed E-state index contributed by atoms with van der Waals surface area (Å²) in [4.78, 5) is 4.10. The van der Waals surface area contributed by atoms with Gasteiger partial charge in [0.15, 0.2) is 0 Å². The van der Waals surface area contributed by atoms with E-state index < -0.39 is 0 Å². The highest BCUT2D eigenvalue weighted by Crippen LogP contribution is 2.10. The second-order valence-corrected chi connectivity index (χ2v) is 4.44. The van der Waals surface area contributed by atoms with Gasteiger partial charge in [0.25, 0.3) is 0 Å². The largest absolute Gasteiger partial charge is 0.396 e. The van der Waals surface area contributed by atoms with Gasteiger partial charge in [-0.15, -0.1) is 5.10 Å². The number of nitrogens with zero attached hydrogens (tertiary/aromatic N) is 4. The van der Waals surface area contributed by atoms with Crippen LogP contribution >= 0.6 is 0 Å². The summed E-state index contributed by atoms with van der Waals surface area (Å²) in [6, 6.07) is 4.19. The van der Waals surface area contributed by atoms with Gasteiger partial charge in [-0.1, -0.05) is 11.3 Å². The third-order valence-corrected chi connectivity index (χ3v) is 2.91. The smallest absolute Gasteiger partial charge is 0.0965 e. The van der Waals surface area contributed by atoms with Gasteiger partial charge in [-0.05, 0) is 25.0 Å². The van der Waals surface area contributed by atoms with Crippen LogP contribution in [0.3, 0.4) is 0 Å². The monoisotopic (exact) mass is 261 g/mol. The van der Waals surface area contributed by atoms with Crippen LogP contribution in [0.4, 0.5) is 0 Å². The van der Waals surface area contributed by atoms with Crippen LogP contribution in [0.25, 0.3) is 0 Å². The molecule has 1 atom stereocenters. The van der Waals surface area contributed by atoms with Gasteiger partial charge in [0.1, 0.15) is 0 Å². The summed E-state index contributed by atoms with van der Waals surface area (Å²) >= 11 is 0. The number of hydrogen-bond donors (Lipinski definition) is 2. The Morgan fingerprint density at radius 3 is 3.11 bits per heavy atom. The zero-order valence-electron chi connectivity index (χ0n) is 11.0. The van der Waals surface area contributed by atoms with E-state index in [0.717, 1.165) is 11.3 Å². The van der Waals surface area contributed by atoms with Gasteiger partial charge in [-0.25, -0.2) is 0 Å². The van der Waals surface area contributed by atoms with E-state index in [9.17, 15) is 0 Å². The van der Waals surface area contributed by atoms with Gasteiger partial charge in [0.2, 0.25) is 0 Å². The Bertz CT molecular complexity index is 485. The number of aromatic nitrogens is 4. The molecule has 2 heterocycles. The van der Waals surface area contributed by atoms with Gasteiger partial charge >= 0.3 is 0 Å². The lowest BCUT2D eigenvalue weighted by atomic mass is 10.1. The molecule has 0 saturated carbocycles. The first-order valence-electron chi connectivity index (χ1n) is 6.43. The average Bonchev–Trinajstić information content (AvgIpc) is 2.91. The third kappa shape index (κ3) is 4.11. The van der Waals surface area contributed by atoms with E-state index in [-0.39, 0.29) is 12.6 Å². The van der Waals surface area contributed by atoms with Crippen molar-refractivity contribution in [3.63, 3.8) is 0 Å². The van der Waals surface area contributed by atoms with Crippen molar-refractivity contribution in [1.82, 2.24) is 25.3 Å². The first kappa shape index (κ1) is 13.6. The van der Waals surface area contributed by atoms with E-state index in [1.54, 1.807) is 10.9 Å². The van der Waals surface area contributed by atoms with Crippen molar-refractivity contribution in [1.29, 1.82) is 0 Å². The van der Waals surface area contributed by atoms with Gasteiger partial charge in [-0.3, -0.25) is 9.67 Å². The summed E-state index contributed by atoms with van der Waals surface area (Å²) < 4.78 is 1.75. The molecule has 6 nitrogen and oxygen atoms in total. The predicted molar refractivity (Wildman–Crippen MR) is 71.2 cm³/mol. The Morgan fingerprint density at radius 1 is 1.47 bits per heavy atom. The van der Waals surface area contributed by atoms with E-state index in [1.165, 1.54) is 0 Å². The number of aryl methyl sites for hydroxylation is 1. The Labute approximate surface area is 112 Å². The summed E-state index contributed by atoms with van der Waals surface area (Å²) in [5, 5.41) is 20.2. The number of aliphatic hydroxyl groups excluding tert-OH is 1. The minimum atomic E-state index is 0.172. The van der Waals surface area contributed by atoms with Crippen LogP contribution in [0, 0.1) is 0 Å². The van der Waals surface area contributed by atoms with Crippen molar-refractivity contribution < 1.29 is 5.11 Å². The fraction of sp³-hybridized carbons (Fsp3) is 0.462. The van der Waals surface area contributed by atoms with E-state index in [1.807, 2.05) is 24.5 Å². The number of hydrogen-bond acceptors (Lipinski definition) is 5. The molecule has 2 N–H and O–H groups in total.